The number of hydrogen-bond donors (Lipinski definition) is 4. The van der Waals surface area contributed by atoms with Crippen molar-refractivity contribution < 1.29 is 8.78 Å². The molecule has 4 aromatic rings. The maximum absolute atomic E-state index is 14.1. The fourth-order valence-electron chi connectivity index (χ4n) is 5.39. The maximum Gasteiger partial charge on any atom is 0.148 e. The Morgan fingerprint density at radius 2 is 1.95 bits per heavy atom. The average Bonchev–Trinajstić information content (AvgIpc) is 3.71. The van der Waals surface area contributed by atoms with Gasteiger partial charge in [0.1, 0.15) is 25.5 Å². The van der Waals surface area contributed by atoms with Crippen LogP contribution in [0.2, 0.25) is 5.02 Å². The second-order valence-electron chi connectivity index (χ2n) is 10.8. The average molecular weight is 584 g/mol. The van der Waals surface area contributed by atoms with E-state index in [0.29, 0.717) is 45.3 Å². The Labute approximate surface area is 248 Å². The van der Waals surface area contributed by atoms with E-state index in [-0.39, 0.29) is 17.7 Å². The molecule has 2 aliphatic rings. The van der Waals surface area contributed by atoms with Gasteiger partial charge in [0.2, 0.25) is 0 Å². The summed E-state index contributed by atoms with van der Waals surface area (Å²) in [5.74, 6) is -0.650. The molecule has 2 atom stereocenters. The third kappa shape index (κ3) is 5.33. The molecule has 1 fully saturated rings. The number of benzene rings is 3. The smallest absolute Gasteiger partial charge is 0.148 e. The van der Waals surface area contributed by atoms with Gasteiger partial charge < -0.3 is 16.1 Å². The number of rotatable bonds is 9. The third-order valence-electron chi connectivity index (χ3n) is 7.91. The van der Waals surface area contributed by atoms with E-state index in [1.165, 1.54) is 30.5 Å². The number of halogens is 3. The number of hydrogen-bond acceptors (Lipinski definition) is 7. The standard InChI is InChI=1S/C31H29BClF2N7/c1-2-27(18-4-3-5-22(35)12-18)38-29-19(15-36)16-37-30-25(29)13-23(14-26(30)33)39-31(32,20-6-8-21(34)9-7-20)28-17-42(41-40-28)24-10-11-24/h3-9,12-14,16-17,24,27,39-41H,2,10-11,32H2,1H3,(H,37,38)/t27-,31?/m1/s1. The van der Waals surface area contributed by atoms with Gasteiger partial charge in [-0.1, -0.05) is 42.8 Å². The molecule has 3 aromatic carbocycles. The Hall–Kier alpha value is -4.33. The van der Waals surface area contributed by atoms with Crippen LogP contribution in [0.25, 0.3) is 10.9 Å². The van der Waals surface area contributed by atoms with Crippen molar-refractivity contribution in [3.63, 3.8) is 0 Å². The first kappa shape index (κ1) is 27.8. The van der Waals surface area contributed by atoms with Crippen LogP contribution in [0.1, 0.15) is 48.9 Å². The van der Waals surface area contributed by atoms with E-state index in [4.69, 9.17) is 11.6 Å². The lowest BCUT2D eigenvalue weighted by Gasteiger charge is -2.34. The maximum atomic E-state index is 14.1. The molecule has 0 amide bonds. The summed E-state index contributed by atoms with van der Waals surface area (Å²) in [4.78, 5) is 4.49. The predicted molar refractivity (Wildman–Crippen MR) is 164 cm³/mol. The van der Waals surface area contributed by atoms with E-state index < -0.39 is 5.44 Å². The Morgan fingerprint density at radius 1 is 1.17 bits per heavy atom. The number of anilines is 2. The molecule has 0 bridgehead atoms. The van der Waals surface area contributed by atoms with Crippen molar-refractivity contribution in [2.75, 3.05) is 10.6 Å². The van der Waals surface area contributed by atoms with Gasteiger partial charge in [0, 0.05) is 29.5 Å². The molecule has 1 unspecified atom stereocenters. The van der Waals surface area contributed by atoms with Crippen LogP contribution >= 0.6 is 11.6 Å². The molecular formula is C31H29BClF2N7. The second kappa shape index (κ2) is 11.2. The normalized spacial score (nSPS) is 16.7. The molecule has 1 aliphatic heterocycles. The summed E-state index contributed by atoms with van der Waals surface area (Å²) in [7, 11) is 2.01. The second-order valence-corrected chi connectivity index (χ2v) is 11.3. The Bertz CT molecular complexity index is 1720. The van der Waals surface area contributed by atoms with Gasteiger partial charge >= 0.3 is 0 Å². The van der Waals surface area contributed by atoms with E-state index in [1.54, 1.807) is 24.3 Å². The van der Waals surface area contributed by atoms with Crippen LogP contribution in [-0.2, 0) is 5.44 Å². The summed E-state index contributed by atoms with van der Waals surface area (Å²) < 4.78 is 28.0. The summed E-state index contributed by atoms with van der Waals surface area (Å²) in [5.41, 5.74) is 10.2. The molecule has 42 heavy (non-hydrogen) atoms. The van der Waals surface area contributed by atoms with E-state index in [0.717, 1.165) is 29.7 Å². The number of nitrogens with one attached hydrogen (secondary N) is 4. The molecule has 1 aromatic heterocycles. The molecule has 11 heteroatoms. The number of hydrazine groups is 2. The highest BCUT2D eigenvalue weighted by Crippen LogP contribution is 2.39. The minimum Gasteiger partial charge on any atom is -0.378 e. The van der Waals surface area contributed by atoms with Crippen molar-refractivity contribution in [3.8, 4) is 6.07 Å². The van der Waals surface area contributed by atoms with E-state index in [1.807, 2.05) is 33.1 Å². The van der Waals surface area contributed by atoms with Gasteiger partial charge in [-0.3, -0.25) is 9.99 Å². The summed E-state index contributed by atoms with van der Waals surface area (Å²) in [6.07, 6.45) is 6.40. The molecule has 0 radical (unpaired) electrons. The molecule has 1 saturated carbocycles. The monoisotopic (exact) mass is 583 g/mol. The minimum absolute atomic E-state index is 0.259. The Morgan fingerprint density at radius 3 is 2.64 bits per heavy atom. The van der Waals surface area contributed by atoms with Gasteiger partial charge in [0.15, 0.2) is 0 Å². The van der Waals surface area contributed by atoms with Crippen molar-refractivity contribution in [2.45, 2.75) is 43.7 Å². The van der Waals surface area contributed by atoms with Crippen LogP contribution in [0.15, 0.2) is 78.8 Å². The summed E-state index contributed by atoms with van der Waals surface area (Å²) >= 11 is 6.80. The number of nitriles is 1. The first-order valence-corrected chi connectivity index (χ1v) is 14.3. The van der Waals surface area contributed by atoms with Crippen molar-refractivity contribution in [3.05, 3.63) is 112 Å². The number of pyridine rings is 1. The van der Waals surface area contributed by atoms with E-state index >= 15 is 0 Å². The highest BCUT2D eigenvalue weighted by atomic mass is 35.5. The van der Waals surface area contributed by atoms with Gasteiger partial charge in [0.05, 0.1) is 39.0 Å². The van der Waals surface area contributed by atoms with Gasteiger partial charge in [-0.05, 0) is 66.8 Å². The number of nitrogens with zero attached hydrogens (tertiary/aromatic N) is 3. The van der Waals surface area contributed by atoms with E-state index in [2.05, 4.69) is 37.7 Å². The van der Waals surface area contributed by atoms with Crippen LogP contribution in [0.3, 0.4) is 0 Å². The third-order valence-corrected chi connectivity index (χ3v) is 8.19. The van der Waals surface area contributed by atoms with Crippen molar-refractivity contribution >= 4 is 41.7 Å². The van der Waals surface area contributed by atoms with Crippen molar-refractivity contribution in [2.24, 2.45) is 0 Å². The topological polar surface area (TPSA) is 88.0 Å². The van der Waals surface area contributed by atoms with Crippen molar-refractivity contribution in [1.82, 2.24) is 21.0 Å². The van der Waals surface area contributed by atoms with Crippen LogP contribution < -0.4 is 21.6 Å². The molecule has 4 N–H and O–H groups in total. The van der Waals surface area contributed by atoms with Gasteiger partial charge in [0.25, 0.3) is 0 Å². The molecule has 2 heterocycles. The highest BCUT2D eigenvalue weighted by Gasteiger charge is 2.38. The summed E-state index contributed by atoms with van der Waals surface area (Å²) in [6.45, 7) is 1.99. The van der Waals surface area contributed by atoms with Crippen LogP contribution in [0, 0.1) is 23.0 Å². The first-order chi connectivity index (χ1) is 20.3. The Balaban J connectivity index is 1.44. The van der Waals surface area contributed by atoms with E-state index in [9.17, 15) is 14.0 Å². The molecule has 7 nitrogen and oxygen atoms in total. The molecule has 6 rings (SSSR count). The van der Waals surface area contributed by atoms with Crippen LogP contribution in [0.5, 0.6) is 0 Å². The molecule has 0 spiro atoms. The van der Waals surface area contributed by atoms with Crippen LogP contribution in [-0.4, -0.2) is 23.9 Å². The highest BCUT2D eigenvalue weighted by molar-refractivity contribution is 6.36. The first-order valence-electron chi connectivity index (χ1n) is 13.9. The van der Waals surface area contributed by atoms with Gasteiger partial charge in [-0.2, -0.15) is 5.26 Å². The summed E-state index contributed by atoms with van der Waals surface area (Å²) in [6, 6.07) is 18.9. The lowest BCUT2D eigenvalue weighted by molar-refractivity contribution is 0.260. The van der Waals surface area contributed by atoms with Crippen LogP contribution in [0.4, 0.5) is 20.2 Å². The van der Waals surface area contributed by atoms with Crippen molar-refractivity contribution in [1.29, 1.82) is 5.26 Å². The number of aromatic nitrogens is 1. The zero-order valence-corrected chi connectivity index (χ0v) is 23.9. The quantitative estimate of drug-likeness (QED) is 0.185. The molecular weight excluding hydrogens is 555 g/mol. The molecule has 0 saturated heterocycles. The fraction of sp³-hybridized carbons (Fsp3) is 0.226. The van der Waals surface area contributed by atoms with Gasteiger partial charge in [-0.15, -0.1) is 5.53 Å². The fourth-order valence-corrected chi connectivity index (χ4v) is 5.66. The molecule has 212 valence electrons. The lowest BCUT2D eigenvalue weighted by atomic mass is 9.69. The summed E-state index contributed by atoms with van der Waals surface area (Å²) in [5, 5.41) is 20.2. The zero-order chi connectivity index (χ0) is 29.4. The largest absolute Gasteiger partial charge is 0.378 e. The lowest BCUT2D eigenvalue weighted by Crippen LogP contribution is -2.45. The van der Waals surface area contributed by atoms with Gasteiger partial charge in [-0.25, -0.2) is 8.78 Å². The SMILES string of the molecule is BC(Nc1cc(Cl)c2ncc(C#N)c(N[C@H](CC)c3cccc(F)c3)c2c1)(C1=CN(C2CC2)NN1)c1ccc(F)cc1. The number of fused-ring (bicyclic) bond motifs is 1. The zero-order valence-electron chi connectivity index (χ0n) is 23.2. The Kier molecular flexibility index (Phi) is 7.39. The predicted octanol–water partition coefficient (Wildman–Crippen LogP) is 5.83. The minimum atomic E-state index is -0.817. The molecule has 1 aliphatic carbocycles.